The molecule has 1 heterocycles. The minimum absolute atomic E-state index is 0.0796. The van der Waals surface area contributed by atoms with Crippen LogP contribution in [0.5, 0.6) is 0 Å². The van der Waals surface area contributed by atoms with Crippen molar-refractivity contribution in [3.8, 4) is 17.2 Å². The van der Waals surface area contributed by atoms with Gasteiger partial charge >= 0.3 is 0 Å². The van der Waals surface area contributed by atoms with Gasteiger partial charge in [0.05, 0.1) is 11.6 Å². The summed E-state index contributed by atoms with van der Waals surface area (Å²) in [6, 6.07) is 9.71. The third kappa shape index (κ3) is 4.08. The molecule has 0 saturated carbocycles. The van der Waals surface area contributed by atoms with E-state index in [0.29, 0.717) is 17.7 Å². The first-order chi connectivity index (χ1) is 11.6. The zero-order valence-electron chi connectivity index (χ0n) is 14.3. The second kappa shape index (κ2) is 8.07. The molecule has 2 rings (SSSR count). The number of aromatic nitrogens is 1. The number of hydrogen-bond donors (Lipinski definition) is 1. The number of rotatable bonds is 5. The zero-order chi connectivity index (χ0) is 17.5. The minimum atomic E-state index is -0.0796. The maximum Gasteiger partial charge on any atom is 0.246 e. The number of benzene rings is 1. The van der Waals surface area contributed by atoms with Gasteiger partial charge in [-0.15, -0.1) is 0 Å². The first kappa shape index (κ1) is 17.4. The van der Waals surface area contributed by atoms with Crippen LogP contribution < -0.4 is 5.32 Å². The van der Waals surface area contributed by atoms with Crippen LogP contribution in [0.25, 0.3) is 17.2 Å². The number of hydrogen-bond acceptors (Lipinski definition) is 3. The molecule has 0 bridgehead atoms. The number of amides is 1. The van der Waals surface area contributed by atoms with Crippen LogP contribution in [0.3, 0.4) is 0 Å². The Morgan fingerprint density at radius 1 is 1.33 bits per heavy atom. The minimum Gasteiger partial charge on any atom is -0.352 e. The molecule has 0 aliphatic rings. The van der Waals surface area contributed by atoms with E-state index in [0.717, 1.165) is 28.7 Å². The topological polar surface area (TPSA) is 65.8 Å². The smallest absolute Gasteiger partial charge is 0.246 e. The lowest BCUT2D eigenvalue weighted by molar-refractivity contribution is -0.117. The molecule has 0 unspecified atom stereocenters. The lowest BCUT2D eigenvalue weighted by atomic mass is 9.93. The van der Waals surface area contributed by atoms with Gasteiger partial charge in [-0.25, -0.2) is 0 Å². The van der Waals surface area contributed by atoms with Crippen LogP contribution in [0.1, 0.15) is 37.0 Å². The molecule has 4 nitrogen and oxygen atoms in total. The standard InChI is InChI=1S/C20H21N3O/c1-4-7-23-20(24)14(2)10-18-11-16(13-21)12-19(15(18)3)17-5-8-22-9-6-17/h5-6,8-12H,4,7H2,1-3H3,(H,23,24)/b14-10+. The van der Waals surface area contributed by atoms with E-state index < -0.39 is 0 Å². The highest BCUT2D eigenvalue weighted by Gasteiger charge is 2.10. The summed E-state index contributed by atoms with van der Waals surface area (Å²) in [5, 5.41) is 12.2. The highest BCUT2D eigenvalue weighted by Crippen LogP contribution is 2.28. The van der Waals surface area contributed by atoms with Gasteiger partial charge in [0.1, 0.15) is 0 Å². The van der Waals surface area contributed by atoms with Crippen LogP contribution in [-0.4, -0.2) is 17.4 Å². The highest BCUT2D eigenvalue weighted by molar-refractivity contribution is 5.97. The van der Waals surface area contributed by atoms with Crippen molar-refractivity contribution in [3.63, 3.8) is 0 Å². The summed E-state index contributed by atoms with van der Waals surface area (Å²) in [6.07, 6.45) is 6.19. The van der Waals surface area contributed by atoms with Gasteiger partial charge in [0.15, 0.2) is 0 Å². The predicted molar refractivity (Wildman–Crippen MR) is 96.1 cm³/mol. The van der Waals surface area contributed by atoms with Gasteiger partial charge in [0, 0.05) is 24.5 Å². The predicted octanol–water partition coefficient (Wildman–Crippen LogP) is 3.86. The van der Waals surface area contributed by atoms with E-state index >= 15 is 0 Å². The van der Waals surface area contributed by atoms with Crippen LogP contribution >= 0.6 is 0 Å². The Morgan fingerprint density at radius 2 is 2.04 bits per heavy atom. The van der Waals surface area contributed by atoms with Gasteiger partial charge in [-0.2, -0.15) is 5.26 Å². The quantitative estimate of drug-likeness (QED) is 0.851. The van der Waals surface area contributed by atoms with E-state index in [2.05, 4.69) is 16.4 Å². The van der Waals surface area contributed by atoms with Gasteiger partial charge in [0.2, 0.25) is 5.91 Å². The molecule has 0 spiro atoms. The van der Waals surface area contributed by atoms with Crippen molar-refractivity contribution >= 4 is 12.0 Å². The van der Waals surface area contributed by atoms with Crippen molar-refractivity contribution < 1.29 is 4.79 Å². The third-order valence-electron chi connectivity index (χ3n) is 3.83. The number of pyridine rings is 1. The normalized spacial score (nSPS) is 11.0. The Morgan fingerprint density at radius 3 is 2.67 bits per heavy atom. The molecular weight excluding hydrogens is 298 g/mol. The summed E-state index contributed by atoms with van der Waals surface area (Å²) >= 11 is 0. The van der Waals surface area contributed by atoms with Crippen molar-refractivity contribution in [2.24, 2.45) is 0 Å². The molecule has 1 aromatic carbocycles. The summed E-state index contributed by atoms with van der Waals surface area (Å²) in [6.45, 7) is 6.46. The molecule has 1 aromatic heterocycles. The molecule has 0 radical (unpaired) electrons. The Labute approximate surface area is 142 Å². The molecular formula is C20H21N3O. The Bertz CT molecular complexity index is 802. The SMILES string of the molecule is CCCNC(=O)/C(C)=C/c1cc(C#N)cc(-c2ccncc2)c1C. The molecule has 1 amide bonds. The van der Waals surface area contributed by atoms with E-state index in [1.54, 1.807) is 19.3 Å². The van der Waals surface area contributed by atoms with Crippen molar-refractivity contribution in [1.82, 2.24) is 10.3 Å². The molecule has 2 aromatic rings. The summed E-state index contributed by atoms with van der Waals surface area (Å²) in [7, 11) is 0. The molecule has 24 heavy (non-hydrogen) atoms. The Hall–Kier alpha value is -2.93. The number of nitriles is 1. The number of carbonyl (C=O) groups excluding carboxylic acids is 1. The van der Waals surface area contributed by atoms with Crippen LogP contribution in [-0.2, 0) is 4.79 Å². The number of nitrogens with one attached hydrogen (secondary N) is 1. The highest BCUT2D eigenvalue weighted by atomic mass is 16.1. The van der Waals surface area contributed by atoms with Crippen molar-refractivity contribution in [2.45, 2.75) is 27.2 Å². The molecule has 0 saturated heterocycles. The van der Waals surface area contributed by atoms with Gasteiger partial charge in [-0.3, -0.25) is 9.78 Å². The van der Waals surface area contributed by atoms with Gasteiger partial charge < -0.3 is 5.32 Å². The zero-order valence-corrected chi connectivity index (χ0v) is 14.3. The maximum atomic E-state index is 12.1. The summed E-state index contributed by atoms with van der Waals surface area (Å²) in [4.78, 5) is 16.1. The number of carbonyl (C=O) groups is 1. The van der Waals surface area contributed by atoms with E-state index in [1.165, 1.54) is 0 Å². The first-order valence-electron chi connectivity index (χ1n) is 7.98. The molecule has 0 fully saturated rings. The second-order valence-corrected chi connectivity index (χ2v) is 5.67. The molecule has 4 heteroatoms. The lowest BCUT2D eigenvalue weighted by Crippen LogP contribution is -2.24. The molecule has 122 valence electrons. The molecule has 1 N–H and O–H groups in total. The van der Waals surface area contributed by atoms with Gasteiger partial charge in [-0.1, -0.05) is 6.92 Å². The van der Waals surface area contributed by atoms with E-state index in [4.69, 9.17) is 0 Å². The van der Waals surface area contributed by atoms with Crippen molar-refractivity contribution in [2.75, 3.05) is 6.54 Å². The molecule has 0 aliphatic heterocycles. The number of nitrogens with zero attached hydrogens (tertiary/aromatic N) is 2. The average molecular weight is 319 g/mol. The van der Waals surface area contributed by atoms with Crippen LogP contribution in [0.4, 0.5) is 0 Å². The molecule has 0 atom stereocenters. The van der Waals surface area contributed by atoms with Crippen LogP contribution in [0.2, 0.25) is 0 Å². The maximum absolute atomic E-state index is 12.1. The summed E-state index contributed by atoms with van der Waals surface area (Å²) in [5.74, 6) is -0.0796. The van der Waals surface area contributed by atoms with Gasteiger partial charge in [-0.05, 0) is 72.9 Å². The second-order valence-electron chi connectivity index (χ2n) is 5.67. The van der Waals surface area contributed by atoms with Crippen LogP contribution in [0, 0.1) is 18.3 Å². The van der Waals surface area contributed by atoms with E-state index in [-0.39, 0.29) is 5.91 Å². The fourth-order valence-electron chi connectivity index (χ4n) is 2.46. The fourth-order valence-corrected chi connectivity index (χ4v) is 2.46. The Balaban J connectivity index is 2.48. The van der Waals surface area contributed by atoms with Crippen molar-refractivity contribution in [1.29, 1.82) is 5.26 Å². The van der Waals surface area contributed by atoms with Gasteiger partial charge in [0.25, 0.3) is 0 Å². The lowest BCUT2D eigenvalue weighted by Gasteiger charge is -2.11. The largest absolute Gasteiger partial charge is 0.352 e. The van der Waals surface area contributed by atoms with E-state index in [9.17, 15) is 10.1 Å². The first-order valence-corrected chi connectivity index (χ1v) is 7.98. The van der Waals surface area contributed by atoms with Crippen LogP contribution in [0.15, 0.2) is 42.2 Å². The molecule has 0 aliphatic carbocycles. The average Bonchev–Trinajstić information content (AvgIpc) is 2.61. The summed E-state index contributed by atoms with van der Waals surface area (Å²) < 4.78 is 0. The third-order valence-corrected chi connectivity index (χ3v) is 3.83. The monoisotopic (exact) mass is 319 g/mol. The fraction of sp³-hybridized carbons (Fsp3) is 0.250. The van der Waals surface area contributed by atoms with E-state index in [1.807, 2.05) is 44.2 Å². The summed E-state index contributed by atoms with van der Waals surface area (Å²) in [5.41, 5.74) is 5.09. The van der Waals surface area contributed by atoms with Crippen molar-refractivity contribution in [3.05, 3.63) is 58.9 Å². The Kier molecular flexibility index (Phi) is 5.86.